The van der Waals surface area contributed by atoms with E-state index in [4.69, 9.17) is 9.47 Å². The van der Waals surface area contributed by atoms with E-state index in [9.17, 15) is 27.1 Å². The summed E-state index contributed by atoms with van der Waals surface area (Å²) in [4.78, 5) is 11.6. The maximum atomic E-state index is 12.5. The first-order chi connectivity index (χ1) is 13.2. The molecule has 0 radical (unpaired) electrons. The number of carbonyl (C=O) groups is 1. The van der Waals surface area contributed by atoms with E-state index in [1.54, 1.807) is 18.2 Å². The lowest BCUT2D eigenvalue weighted by molar-refractivity contribution is 0.0914. The quantitative estimate of drug-likeness (QED) is 0.685. The predicted molar refractivity (Wildman–Crippen MR) is 96.5 cm³/mol. The van der Waals surface area contributed by atoms with Crippen LogP contribution in [0.4, 0.5) is 8.78 Å². The van der Waals surface area contributed by atoms with E-state index in [0.717, 1.165) is 24.3 Å². The SMILES string of the molecule is COc1ccc(OC)c(C(O)CNC(=O)c2ccc(S(=O)(=O)C(F)F)cc2)c1. The predicted octanol–water partition coefficient (Wildman–Crippen LogP) is 2.16. The van der Waals surface area contributed by atoms with Crippen molar-refractivity contribution in [3.05, 3.63) is 53.6 Å². The number of aliphatic hydroxyl groups is 1. The Bertz CT molecular complexity index is 932. The fourth-order valence-electron chi connectivity index (χ4n) is 2.40. The summed E-state index contributed by atoms with van der Waals surface area (Å²) in [5.74, 6) is -3.25. The van der Waals surface area contributed by atoms with Crippen LogP contribution in [0.25, 0.3) is 0 Å². The van der Waals surface area contributed by atoms with Crippen molar-refractivity contribution in [2.45, 2.75) is 16.8 Å². The summed E-state index contributed by atoms with van der Waals surface area (Å²) >= 11 is 0. The van der Waals surface area contributed by atoms with E-state index in [1.165, 1.54) is 14.2 Å². The molecule has 0 aliphatic rings. The lowest BCUT2D eigenvalue weighted by Crippen LogP contribution is -2.28. The third-order valence-corrected chi connectivity index (χ3v) is 5.33. The van der Waals surface area contributed by atoms with Crippen molar-refractivity contribution in [2.75, 3.05) is 20.8 Å². The van der Waals surface area contributed by atoms with E-state index in [2.05, 4.69) is 5.32 Å². The number of ether oxygens (including phenoxy) is 2. The Morgan fingerprint density at radius 2 is 1.75 bits per heavy atom. The van der Waals surface area contributed by atoms with Gasteiger partial charge in [-0.25, -0.2) is 8.42 Å². The Morgan fingerprint density at radius 3 is 2.29 bits per heavy atom. The number of halogens is 2. The van der Waals surface area contributed by atoms with Gasteiger partial charge in [0.25, 0.3) is 5.91 Å². The van der Waals surface area contributed by atoms with Gasteiger partial charge in [0.2, 0.25) is 9.84 Å². The molecule has 1 atom stereocenters. The molecule has 0 aliphatic heterocycles. The number of amides is 1. The minimum absolute atomic E-state index is 0.0537. The van der Waals surface area contributed by atoms with Crippen molar-refractivity contribution < 1.29 is 36.6 Å². The molecule has 1 amide bonds. The van der Waals surface area contributed by atoms with Gasteiger partial charge in [-0.1, -0.05) is 0 Å². The van der Waals surface area contributed by atoms with Gasteiger partial charge < -0.3 is 19.9 Å². The molecular formula is C18H19F2NO6S. The number of benzene rings is 2. The molecule has 0 saturated carbocycles. The summed E-state index contributed by atoms with van der Waals surface area (Å²) in [6.45, 7) is -0.167. The Kier molecular flexibility index (Phi) is 6.92. The molecule has 2 rings (SSSR count). The molecular weight excluding hydrogens is 396 g/mol. The van der Waals surface area contributed by atoms with Gasteiger partial charge in [0.1, 0.15) is 17.6 Å². The average molecular weight is 415 g/mol. The number of hydrogen-bond acceptors (Lipinski definition) is 6. The molecule has 0 saturated heterocycles. The zero-order chi connectivity index (χ0) is 20.9. The number of rotatable bonds is 8. The number of alkyl halides is 2. The highest BCUT2D eigenvalue weighted by Crippen LogP contribution is 2.29. The monoisotopic (exact) mass is 415 g/mol. The number of carbonyl (C=O) groups excluding carboxylic acids is 1. The molecule has 0 fully saturated rings. The van der Waals surface area contributed by atoms with Crippen LogP contribution in [0, 0.1) is 0 Å². The highest BCUT2D eigenvalue weighted by Gasteiger charge is 2.26. The van der Waals surface area contributed by atoms with Gasteiger partial charge in [-0.05, 0) is 42.5 Å². The molecule has 0 bridgehead atoms. The van der Waals surface area contributed by atoms with Crippen molar-refractivity contribution in [1.29, 1.82) is 0 Å². The van der Waals surface area contributed by atoms with Gasteiger partial charge in [-0.15, -0.1) is 0 Å². The van der Waals surface area contributed by atoms with E-state index in [-0.39, 0.29) is 12.1 Å². The van der Waals surface area contributed by atoms with Gasteiger partial charge in [0.15, 0.2) is 0 Å². The first-order valence-electron chi connectivity index (χ1n) is 8.01. The van der Waals surface area contributed by atoms with E-state index in [1.807, 2.05) is 0 Å². The third-order valence-electron chi connectivity index (χ3n) is 3.93. The minimum atomic E-state index is -4.73. The van der Waals surface area contributed by atoms with Crippen molar-refractivity contribution in [2.24, 2.45) is 0 Å². The molecule has 2 N–H and O–H groups in total. The lowest BCUT2D eigenvalue weighted by Gasteiger charge is -2.16. The van der Waals surface area contributed by atoms with Crippen molar-refractivity contribution in [1.82, 2.24) is 5.32 Å². The van der Waals surface area contributed by atoms with Gasteiger partial charge in [0, 0.05) is 17.7 Å². The molecule has 2 aromatic carbocycles. The van der Waals surface area contributed by atoms with Crippen LogP contribution < -0.4 is 14.8 Å². The zero-order valence-electron chi connectivity index (χ0n) is 15.1. The number of sulfone groups is 1. The van der Waals surface area contributed by atoms with Crippen molar-refractivity contribution in [3.63, 3.8) is 0 Å². The number of methoxy groups -OCH3 is 2. The van der Waals surface area contributed by atoms with Crippen molar-refractivity contribution in [3.8, 4) is 11.5 Å². The molecule has 0 aliphatic carbocycles. The zero-order valence-corrected chi connectivity index (χ0v) is 15.9. The largest absolute Gasteiger partial charge is 0.497 e. The van der Waals surface area contributed by atoms with Gasteiger partial charge in [-0.3, -0.25) is 4.79 Å². The molecule has 152 valence electrons. The summed E-state index contributed by atoms with van der Waals surface area (Å²) in [6, 6.07) is 8.92. The molecule has 0 heterocycles. The Balaban J connectivity index is 2.08. The second kappa shape index (κ2) is 8.98. The van der Waals surface area contributed by atoms with Crippen LogP contribution in [-0.2, 0) is 9.84 Å². The molecule has 0 spiro atoms. The first-order valence-corrected chi connectivity index (χ1v) is 9.55. The van der Waals surface area contributed by atoms with Crippen LogP contribution in [-0.4, -0.2) is 46.0 Å². The highest BCUT2D eigenvalue weighted by atomic mass is 32.2. The van der Waals surface area contributed by atoms with Crippen LogP contribution in [0.15, 0.2) is 47.4 Å². The summed E-state index contributed by atoms with van der Waals surface area (Å²) in [6.07, 6.45) is -1.10. The Hall–Kier alpha value is -2.72. The number of hydrogen-bond donors (Lipinski definition) is 2. The summed E-state index contributed by atoms with van der Waals surface area (Å²) in [5, 5.41) is 12.8. The fraction of sp³-hybridized carbons (Fsp3) is 0.278. The molecule has 28 heavy (non-hydrogen) atoms. The first kappa shape index (κ1) is 21.6. The molecule has 0 aromatic heterocycles. The highest BCUT2D eigenvalue weighted by molar-refractivity contribution is 7.91. The second-order valence-electron chi connectivity index (χ2n) is 5.66. The maximum absolute atomic E-state index is 12.5. The number of aliphatic hydroxyl groups excluding tert-OH is 1. The van der Waals surface area contributed by atoms with Gasteiger partial charge in [0.05, 0.1) is 19.1 Å². The molecule has 1 unspecified atom stereocenters. The van der Waals surface area contributed by atoms with Gasteiger partial charge >= 0.3 is 5.76 Å². The summed E-state index contributed by atoms with van der Waals surface area (Å²) in [5.41, 5.74) is 0.457. The van der Waals surface area contributed by atoms with Crippen LogP contribution in [0.5, 0.6) is 11.5 Å². The summed E-state index contributed by atoms with van der Waals surface area (Å²) in [7, 11) is -1.82. The smallest absolute Gasteiger partial charge is 0.341 e. The Morgan fingerprint density at radius 1 is 1.11 bits per heavy atom. The molecule has 2 aromatic rings. The maximum Gasteiger partial charge on any atom is 0.341 e. The normalized spacial score (nSPS) is 12.5. The van der Waals surface area contributed by atoms with Crippen molar-refractivity contribution >= 4 is 15.7 Å². The van der Waals surface area contributed by atoms with Crippen LogP contribution >= 0.6 is 0 Å². The average Bonchev–Trinajstić information content (AvgIpc) is 2.71. The van der Waals surface area contributed by atoms with E-state index < -0.39 is 32.5 Å². The lowest BCUT2D eigenvalue weighted by atomic mass is 10.1. The van der Waals surface area contributed by atoms with Gasteiger partial charge in [-0.2, -0.15) is 8.78 Å². The third kappa shape index (κ3) is 4.76. The van der Waals surface area contributed by atoms with Crippen LogP contribution in [0.1, 0.15) is 22.0 Å². The summed E-state index contributed by atoms with van der Waals surface area (Å²) < 4.78 is 58.1. The number of nitrogens with one attached hydrogen (secondary N) is 1. The second-order valence-corrected chi connectivity index (χ2v) is 7.58. The topological polar surface area (TPSA) is 102 Å². The minimum Gasteiger partial charge on any atom is -0.497 e. The molecule has 10 heteroatoms. The molecule has 7 nitrogen and oxygen atoms in total. The standard InChI is InChI=1S/C18H19F2NO6S/c1-26-12-5-8-16(27-2)14(9-12)15(22)10-21-17(23)11-3-6-13(7-4-11)28(24,25)18(19)20/h3-9,15,18,22H,10H2,1-2H3,(H,21,23). The van der Waals surface area contributed by atoms with Crippen LogP contribution in [0.2, 0.25) is 0 Å². The fourth-order valence-corrected chi connectivity index (χ4v) is 3.12. The Labute approximate surface area is 160 Å². The van der Waals surface area contributed by atoms with E-state index in [0.29, 0.717) is 17.1 Å². The van der Waals surface area contributed by atoms with E-state index >= 15 is 0 Å². The van der Waals surface area contributed by atoms with Crippen LogP contribution in [0.3, 0.4) is 0 Å².